The van der Waals surface area contributed by atoms with Crippen molar-refractivity contribution >= 4 is 17.4 Å². The van der Waals surface area contributed by atoms with Crippen molar-refractivity contribution < 1.29 is 9.53 Å². The second kappa shape index (κ2) is 11.6. The highest BCUT2D eigenvalue weighted by molar-refractivity contribution is 5.94. The molecule has 0 bridgehead atoms. The zero-order valence-electron chi connectivity index (χ0n) is 20.1. The van der Waals surface area contributed by atoms with Crippen LogP contribution in [0.15, 0.2) is 72.9 Å². The average molecular weight is 470 g/mol. The molecule has 4 rings (SSSR count). The summed E-state index contributed by atoms with van der Waals surface area (Å²) in [5, 5.41) is 15.4. The standard InChI is InChI=1S/C28H31N5O2/c1-20(22-10-8-21(16-29)9-11-22)17-31-27(23-6-4-3-5-7-23)28(34)32-26-13-12-24(18-30-26)33-15-14-25(19-33)35-2/h3-13,18,20,25,27,31H,14-15,17,19H2,1-2H3,(H,30,32,34)/t20?,25-,27?/m0/s1. The first-order valence-electron chi connectivity index (χ1n) is 11.9. The smallest absolute Gasteiger partial charge is 0.247 e. The van der Waals surface area contributed by atoms with Crippen molar-refractivity contribution in [1.29, 1.82) is 5.26 Å². The SMILES string of the molecule is CO[C@H]1CCN(c2ccc(NC(=O)C(NCC(C)c3ccc(C#N)cc3)c3ccccc3)nc2)C1. The van der Waals surface area contributed by atoms with Crippen molar-refractivity contribution in [2.75, 3.05) is 37.0 Å². The van der Waals surface area contributed by atoms with E-state index in [9.17, 15) is 4.79 Å². The van der Waals surface area contributed by atoms with Crippen LogP contribution in [0.1, 0.15) is 42.0 Å². The van der Waals surface area contributed by atoms with Gasteiger partial charge in [-0.1, -0.05) is 49.4 Å². The third-order valence-corrected chi connectivity index (χ3v) is 6.47. The van der Waals surface area contributed by atoms with Crippen molar-refractivity contribution in [1.82, 2.24) is 10.3 Å². The van der Waals surface area contributed by atoms with Crippen LogP contribution in [0.25, 0.3) is 0 Å². The van der Waals surface area contributed by atoms with Gasteiger partial charge in [0.2, 0.25) is 5.91 Å². The molecule has 0 aliphatic carbocycles. The van der Waals surface area contributed by atoms with E-state index in [0.29, 0.717) is 17.9 Å². The predicted molar refractivity (Wildman–Crippen MR) is 137 cm³/mol. The number of hydrogen-bond donors (Lipinski definition) is 2. The van der Waals surface area contributed by atoms with Crippen LogP contribution in [-0.2, 0) is 9.53 Å². The molecule has 3 atom stereocenters. The number of anilines is 2. The molecule has 1 aliphatic rings. The highest BCUT2D eigenvalue weighted by atomic mass is 16.5. The maximum Gasteiger partial charge on any atom is 0.247 e. The summed E-state index contributed by atoms with van der Waals surface area (Å²) in [6, 6.07) is 22.7. The second-order valence-corrected chi connectivity index (χ2v) is 8.87. The summed E-state index contributed by atoms with van der Waals surface area (Å²) in [5.41, 5.74) is 3.66. The van der Waals surface area contributed by atoms with E-state index in [1.807, 2.05) is 66.7 Å². The number of benzene rings is 2. The van der Waals surface area contributed by atoms with E-state index in [1.165, 1.54) is 0 Å². The fourth-order valence-corrected chi connectivity index (χ4v) is 4.31. The summed E-state index contributed by atoms with van der Waals surface area (Å²) < 4.78 is 5.45. The van der Waals surface area contributed by atoms with Gasteiger partial charge in [0.15, 0.2) is 0 Å². The van der Waals surface area contributed by atoms with Gasteiger partial charge in [-0.05, 0) is 47.7 Å². The molecule has 1 saturated heterocycles. The zero-order chi connectivity index (χ0) is 24.6. The Labute approximate surface area is 206 Å². The van der Waals surface area contributed by atoms with Crippen molar-refractivity contribution in [3.8, 4) is 6.07 Å². The fourth-order valence-electron chi connectivity index (χ4n) is 4.31. The molecule has 7 heteroatoms. The first kappa shape index (κ1) is 24.4. The molecule has 2 unspecified atom stereocenters. The topological polar surface area (TPSA) is 90.3 Å². The number of ether oxygens (including phenoxy) is 1. The van der Waals surface area contributed by atoms with Gasteiger partial charge in [-0.25, -0.2) is 4.98 Å². The van der Waals surface area contributed by atoms with Gasteiger partial charge in [0.25, 0.3) is 0 Å². The normalized spacial score (nSPS) is 16.9. The predicted octanol–water partition coefficient (Wildman–Crippen LogP) is 4.25. The molecule has 0 saturated carbocycles. The monoisotopic (exact) mass is 469 g/mol. The number of methoxy groups -OCH3 is 1. The van der Waals surface area contributed by atoms with Crippen LogP contribution in [0.3, 0.4) is 0 Å². The van der Waals surface area contributed by atoms with Crippen LogP contribution < -0.4 is 15.5 Å². The Bertz CT molecular complexity index is 1140. The second-order valence-electron chi connectivity index (χ2n) is 8.87. The summed E-state index contributed by atoms with van der Waals surface area (Å²) in [7, 11) is 1.74. The van der Waals surface area contributed by atoms with Gasteiger partial charge in [-0.3, -0.25) is 4.79 Å². The average Bonchev–Trinajstić information content (AvgIpc) is 3.39. The molecule has 7 nitrogen and oxygen atoms in total. The molecule has 2 heterocycles. The lowest BCUT2D eigenvalue weighted by atomic mass is 9.98. The first-order valence-corrected chi connectivity index (χ1v) is 11.9. The van der Waals surface area contributed by atoms with E-state index in [4.69, 9.17) is 10.00 Å². The third kappa shape index (κ3) is 6.24. The molecule has 180 valence electrons. The number of rotatable bonds is 9. The van der Waals surface area contributed by atoms with Crippen LogP contribution in [0, 0.1) is 11.3 Å². The van der Waals surface area contributed by atoms with Gasteiger partial charge in [0.05, 0.1) is 29.6 Å². The van der Waals surface area contributed by atoms with Crippen LogP contribution >= 0.6 is 0 Å². The first-order chi connectivity index (χ1) is 17.1. The summed E-state index contributed by atoms with van der Waals surface area (Å²) in [6.07, 6.45) is 3.05. The van der Waals surface area contributed by atoms with Gasteiger partial charge in [-0.2, -0.15) is 5.26 Å². The maximum atomic E-state index is 13.3. The van der Waals surface area contributed by atoms with Crippen LogP contribution in [-0.4, -0.2) is 43.7 Å². The fraction of sp³-hybridized carbons (Fsp3) is 0.321. The molecular formula is C28H31N5O2. The van der Waals surface area contributed by atoms with E-state index in [0.717, 1.165) is 36.3 Å². The molecule has 1 fully saturated rings. The number of carbonyl (C=O) groups excluding carboxylic acids is 1. The number of nitriles is 1. The molecule has 1 aromatic heterocycles. The van der Waals surface area contributed by atoms with Crippen LogP contribution in [0.2, 0.25) is 0 Å². The number of hydrogen-bond acceptors (Lipinski definition) is 6. The van der Waals surface area contributed by atoms with Gasteiger partial charge in [-0.15, -0.1) is 0 Å². The van der Waals surface area contributed by atoms with Gasteiger partial charge >= 0.3 is 0 Å². The summed E-state index contributed by atoms with van der Waals surface area (Å²) >= 11 is 0. The van der Waals surface area contributed by atoms with Crippen molar-refractivity contribution in [3.63, 3.8) is 0 Å². The molecule has 2 aromatic carbocycles. The number of pyridine rings is 1. The lowest BCUT2D eigenvalue weighted by Crippen LogP contribution is -2.35. The minimum absolute atomic E-state index is 0.163. The Kier molecular flexibility index (Phi) is 8.09. The highest BCUT2D eigenvalue weighted by Crippen LogP contribution is 2.23. The molecule has 3 aromatic rings. The van der Waals surface area contributed by atoms with Crippen LogP contribution in [0.5, 0.6) is 0 Å². The van der Waals surface area contributed by atoms with E-state index < -0.39 is 6.04 Å². The molecule has 0 radical (unpaired) electrons. The van der Waals surface area contributed by atoms with Crippen molar-refractivity contribution in [2.45, 2.75) is 31.4 Å². The largest absolute Gasteiger partial charge is 0.380 e. The number of nitrogens with zero attached hydrogens (tertiary/aromatic N) is 3. The Balaban J connectivity index is 1.42. The number of aromatic nitrogens is 1. The summed E-state index contributed by atoms with van der Waals surface area (Å²) in [4.78, 5) is 20.0. The Morgan fingerprint density at radius 2 is 1.91 bits per heavy atom. The van der Waals surface area contributed by atoms with Gasteiger partial charge in [0.1, 0.15) is 11.9 Å². The minimum Gasteiger partial charge on any atom is -0.380 e. The third-order valence-electron chi connectivity index (χ3n) is 6.47. The number of nitrogens with one attached hydrogen (secondary N) is 2. The quantitative estimate of drug-likeness (QED) is 0.487. The molecule has 0 spiro atoms. The number of carbonyl (C=O) groups is 1. The minimum atomic E-state index is -0.528. The van der Waals surface area contributed by atoms with Crippen LogP contribution in [0.4, 0.5) is 11.5 Å². The van der Waals surface area contributed by atoms with E-state index in [-0.39, 0.29) is 17.9 Å². The van der Waals surface area contributed by atoms with Crippen molar-refractivity contribution in [2.24, 2.45) is 0 Å². The lowest BCUT2D eigenvalue weighted by Gasteiger charge is -2.22. The molecular weight excluding hydrogens is 438 g/mol. The molecule has 2 N–H and O–H groups in total. The van der Waals surface area contributed by atoms with Gasteiger partial charge in [0, 0.05) is 26.7 Å². The Morgan fingerprint density at radius 3 is 2.54 bits per heavy atom. The molecule has 35 heavy (non-hydrogen) atoms. The van der Waals surface area contributed by atoms with Gasteiger partial charge < -0.3 is 20.3 Å². The van der Waals surface area contributed by atoms with Crippen molar-refractivity contribution in [3.05, 3.63) is 89.6 Å². The summed E-state index contributed by atoms with van der Waals surface area (Å²) in [6.45, 7) is 4.48. The zero-order valence-corrected chi connectivity index (χ0v) is 20.1. The Hall–Kier alpha value is -3.73. The summed E-state index contributed by atoms with van der Waals surface area (Å²) in [5.74, 6) is 0.517. The Morgan fingerprint density at radius 1 is 1.14 bits per heavy atom. The molecule has 1 aliphatic heterocycles. The van der Waals surface area contributed by atoms with E-state index in [2.05, 4.69) is 33.5 Å². The number of amides is 1. The lowest BCUT2D eigenvalue weighted by molar-refractivity contribution is -0.118. The highest BCUT2D eigenvalue weighted by Gasteiger charge is 2.24. The van der Waals surface area contributed by atoms with E-state index >= 15 is 0 Å². The molecule has 1 amide bonds. The maximum absolute atomic E-state index is 13.3. The van der Waals surface area contributed by atoms with E-state index in [1.54, 1.807) is 13.3 Å².